The van der Waals surface area contributed by atoms with Crippen molar-refractivity contribution in [1.82, 2.24) is 5.32 Å². The smallest absolute Gasteiger partial charge is 0.222 e. The highest BCUT2D eigenvalue weighted by Crippen LogP contribution is 2.24. The largest absolute Gasteiger partial charge is 0.356 e. The molecule has 0 atom stereocenters. The zero-order chi connectivity index (χ0) is 9.14. The van der Waals surface area contributed by atoms with Gasteiger partial charge in [-0.2, -0.15) is 0 Å². The van der Waals surface area contributed by atoms with E-state index < -0.39 is 0 Å². The van der Waals surface area contributed by atoms with Crippen molar-refractivity contribution in [2.75, 3.05) is 6.54 Å². The van der Waals surface area contributed by atoms with Gasteiger partial charge in [0, 0.05) is 18.5 Å². The summed E-state index contributed by atoms with van der Waals surface area (Å²) >= 11 is 0. The first-order chi connectivity index (χ1) is 5.59. The molecule has 1 saturated carbocycles. The van der Waals surface area contributed by atoms with Gasteiger partial charge in [-0.1, -0.05) is 13.8 Å². The minimum absolute atomic E-state index is 0.0961. The highest BCUT2D eigenvalue weighted by atomic mass is 16.1. The fourth-order valence-electron chi connectivity index (χ4n) is 1.40. The summed E-state index contributed by atoms with van der Waals surface area (Å²) in [6.07, 6.45) is 2.14. The van der Waals surface area contributed by atoms with Crippen LogP contribution in [0, 0.1) is 11.8 Å². The van der Waals surface area contributed by atoms with Gasteiger partial charge in [0.15, 0.2) is 0 Å². The summed E-state index contributed by atoms with van der Waals surface area (Å²) in [4.78, 5) is 11.1. The maximum absolute atomic E-state index is 11.1. The zero-order valence-corrected chi connectivity index (χ0v) is 7.84. The van der Waals surface area contributed by atoms with Crippen molar-refractivity contribution in [2.24, 2.45) is 17.6 Å². The normalized spacial score (nSPS) is 28.3. The maximum Gasteiger partial charge on any atom is 0.222 e. The number of hydrogen-bond acceptors (Lipinski definition) is 2. The molecule has 1 aliphatic rings. The lowest BCUT2D eigenvalue weighted by atomic mass is 9.81. The third-order valence-corrected chi connectivity index (χ3v) is 2.36. The molecule has 3 N–H and O–H groups in total. The maximum atomic E-state index is 11.1. The van der Waals surface area contributed by atoms with Crippen molar-refractivity contribution in [3.63, 3.8) is 0 Å². The summed E-state index contributed by atoms with van der Waals surface area (Å²) in [6.45, 7) is 4.62. The molecular weight excluding hydrogens is 152 g/mol. The predicted molar refractivity (Wildman–Crippen MR) is 48.5 cm³/mol. The molecular formula is C9H18N2O. The quantitative estimate of drug-likeness (QED) is 0.648. The predicted octanol–water partition coefficient (Wildman–Crippen LogP) is 0.496. The monoisotopic (exact) mass is 170 g/mol. The van der Waals surface area contributed by atoms with E-state index in [0.717, 1.165) is 19.4 Å². The molecule has 0 radical (unpaired) electrons. The summed E-state index contributed by atoms with van der Waals surface area (Å²) in [6, 6.07) is 0.381. The minimum atomic E-state index is 0.0961. The van der Waals surface area contributed by atoms with Crippen LogP contribution in [0.2, 0.25) is 0 Å². The van der Waals surface area contributed by atoms with Crippen LogP contribution in [0.5, 0.6) is 0 Å². The summed E-state index contributed by atoms with van der Waals surface area (Å²) < 4.78 is 0. The molecule has 3 heteroatoms. The van der Waals surface area contributed by atoms with Gasteiger partial charge in [0.05, 0.1) is 0 Å². The van der Waals surface area contributed by atoms with E-state index in [-0.39, 0.29) is 11.8 Å². The number of rotatable bonds is 3. The number of nitrogens with two attached hydrogens (primary N) is 1. The Hall–Kier alpha value is -0.570. The fourth-order valence-corrected chi connectivity index (χ4v) is 1.40. The van der Waals surface area contributed by atoms with Gasteiger partial charge in [-0.05, 0) is 18.8 Å². The Morgan fingerprint density at radius 1 is 1.58 bits per heavy atom. The van der Waals surface area contributed by atoms with Gasteiger partial charge in [-0.3, -0.25) is 4.79 Å². The first-order valence-electron chi connectivity index (χ1n) is 4.63. The van der Waals surface area contributed by atoms with E-state index in [0.29, 0.717) is 12.0 Å². The molecule has 0 aliphatic heterocycles. The average molecular weight is 170 g/mol. The van der Waals surface area contributed by atoms with Crippen LogP contribution >= 0.6 is 0 Å². The van der Waals surface area contributed by atoms with E-state index in [1.54, 1.807) is 0 Å². The standard InChI is InChI=1S/C9H18N2O/c1-6(2)9(12)11-5-7-3-8(10)4-7/h6-8H,3-5,10H2,1-2H3,(H,11,12). The molecule has 0 heterocycles. The van der Waals surface area contributed by atoms with E-state index in [1.165, 1.54) is 0 Å². The number of nitrogens with one attached hydrogen (secondary N) is 1. The van der Waals surface area contributed by atoms with Crippen LogP contribution in [0.25, 0.3) is 0 Å². The Balaban J connectivity index is 2.06. The molecule has 12 heavy (non-hydrogen) atoms. The Kier molecular flexibility index (Phi) is 3.09. The van der Waals surface area contributed by atoms with E-state index in [1.807, 2.05) is 13.8 Å². The second-order valence-electron chi connectivity index (χ2n) is 4.00. The molecule has 0 saturated heterocycles. The van der Waals surface area contributed by atoms with Crippen molar-refractivity contribution < 1.29 is 4.79 Å². The summed E-state index contributed by atoms with van der Waals surface area (Å²) in [5.74, 6) is 0.872. The van der Waals surface area contributed by atoms with Crippen molar-refractivity contribution in [3.05, 3.63) is 0 Å². The molecule has 1 fully saturated rings. The Bertz CT molecular complexity index is 162. The van der Waals surface area contributed by atoms with Gasteiger partial charge in [0.2, 0.25) is 5.91 Å². The van der Waals surface area contributed by atoms with Gasteiger partial charge >= 0.3 is 0 Å². The van der Waals surface area contributed by atoms with Crippen molar-refractivity contribution in [1.29, 1.82) is 0 Å². The summed E-state index contributed by atoms with van der Waals surface area (Å²) in [5.41, 5.74) is 5.62. The third kappa shape index (κ3) is 2.48. The van der Waals surface area contributed by atoms with E-state index in [2.05, 4.69) is 5.32 Å². The van der Waals surface area contributed by atoms with Gasteiger partial charge in [0.1, 0.15) is 0 Å². The van der Waals surface area contributed by atoms with E-state index in [4.69, 9.17) is 5.73 Å². The highest BCUT2D eigenvalue weighted by molar-refractivity contribution is 5.77. The fraction of sp³-hybridized carbons (Fsp3) is 0.889. The third-order valence-electron chi connectivity index (χ3n) is 2.36. The molecule has 0 aromatic rings. The van der Waals surface area contributed by atoms with Crippen molar-refractivity contribution >= 4 is 5.91 Å². The molecule has 0 spiro atoms. The number of amides is 1. The lowest BCUT2D eigenvalue weighted by Gasteiger charge is -2.32. The second kappa shape index (κ2) is 3.90. The topological polar surface area (TPSA) is 55.1 Å². The van der Waals surface area contributed by atoms with Crippen LogP contribution in [0.15, 0.2) is 0 Å². The minimum Gasteiger partial charge on any atom is -0.356 e. The molecule has 1 amide bonds. The Morgan fingerprint density at radius 2 is 2.17 bits per heavy atom. The summed E-state index contributed by atoms with van der Waals surface area (Å²) in [5, 5.41) is 2.91. The molecule has 1 aliphatic carbocycles. The molecule has 0 unspecified atom stereocenters. The molecule has 3 nitrogen and oxygen atoms in total. The lowest BCUT2D eigenvalue weighted by Crippen LogP contribution is -2.43. The first kappa shape index (κ1) is 9.52. The molecule has 0 aromatic carbocycles. The Labute approximate surface area is 73.7 Å². The van der Waals surface area contributed by atoms with E-state index >= 15 is 0 Å². The molecule has 0 bridgehead atoms. The van der Waals surface area contributed by atoms with E-state index in [9.17, 15) is 4.79 Å². The number of hydrogen-bond donors (Lipinski definition) is 2. The van der Waals surface area contributed by atoms with Crippen LogP contribution in [0.4, 0.5) is 0 Å². The average Bonchev–Trinajstić information content (AvgIpc) is 1.95. The van der Waals surface area contributed by atoms with Crippen molar-refractivity contribution in [2.45, 2.75) is 32.7 Å². The van der Waals surface area contributed by atoms with Crippen LogP contribution in [-0.2, 0) is 4.79 Å². The highest BCUT2D eigenvalue weighted by Gasteiger charge is 2.25. The van der Waals surface area contributed by atoms with Crippen LogP contribution in [0.1, 0.15) is 26.7 Å². The summed E-state index contributed by atoms with van der Waals surface area (Å²) in [7, 11) is 0. The Morgan fingerprint density at radius 3 is 2.58 bits per heavy atom. The van der Waals surface area contributed by atoms with Crippen LogP contribution < -0.4 is 11.1 Å². The zero-order valence-electron chi connectivity index (χ0n) is 7.84. The van der Waals surface area contributed by atoms with Gasteiger partial charge in [-0.25, -0.2) is 0 Å². The van der Waals surface area contributed by atoms with Gasteiger partial charge in [-0.15, -0.1) is 0 Å². The van der Waals surface area contributed by atoms with Crippen LogP contribution in [-0.4, -0.2) is 18.5 Å². The van der Waals surface area contributed by atoms with Crippen molar-refractivity contribution in [3.8, 4) is 0 Å². The van der Waals surface area contributed by atoms with Crippen LogP contribution in [0.3, 0.4) is 0 Å². The molecule has 70 valence electrons. The van der Waals surface area contributed by atoms with Gasteiger partial charge < -0.3 is 11.1 Å². The second-order valence-corrected chi connectivity index (χ2v) is 4.00. The number of carbonyl (C=O) groups excluding carboxylic acids is 1. The molecule has 0 aromatic heterocycles. The molecule has 1 rings (SSSR count). The first-order valence-corrected chi connectivity index (χ1v) is 4.63. The van der Waals surface area contributed by atoms with Gasteiger partial charge in [0.25, 0.3) is 0 Å². The lowest BCUT2D eigenvalue weighted by molar-refractivity contribution is -0.124. The number of carbonyl (C=O) groups is 1. The SMILES string of the molecule is CC(C)C(=O)NCC1CC(N)C1.